The van der Waals surface area contributed by atoms with Crippen molar-refractivity contribution in [3.05, 3.63) is 34.9 Å². The van der Waals surface area contributed by atoms with Crippen LogP contribution in [0.4, 0.5) is 5.69 Å². The van der Waals surface area contributed by atoms with Crippen molar-refractivity contribution in [3.8, 4) is 11.4 Å². The van der Waals surface area contributed by atoms with Crippen LogP contribution in [0.1, 0.15) is 31.4 Å². The average Bonchev–Trinajstić information content (AvgIpc) is 2.31. The predicted molar refractivity (Wildman–Crippen MR) is 73.5 cm³/mol. The van der Waals surface area contributed by atoms with Crippen LogP contribution in [-0.2, 0) is 0 Å². The highest BCUT2D eigenvalue weighted by Gasteiger charge is 2.10. The lowest BCUT2D eigenvalue weighted by Gasteiger charge is -2.08. The number of nitrogens with zero attached hydrogens (tertiary/aromatic N) is 3. The lowest BCUT2D eigenvalue weighted by atomic mass is 10.1. The molecule has 0 amide bonds. The molecule has 0 aliphatic heterocycles. The maximum atomic E-state index is 5.90. The summed E-state index contributed by atoms with van der Waals surface area (Å²) in [6.45, 7) is 5.96. The highest BCUT2D eigenvalue weighted by atomic mass is 35.5. The molecule has 5 heteroatoms. The van der Waals surface area contributed by atoms with Gasteiger partial charge in [-0.1, -0.05) is 25.4 Å². The third kappa shape index (κ3) is 2.59. The van der Waals surface area contributed by atoms with Crippen LogP contribution >= 0.6 is 11.6 Å². The first-order valence-electron chi connectivity index (χ1n) is 5.75. The SMILES string of the molecule is Cc1nc(-c2ccc(Cl)c(N)c2)nc(C(C)C)n1. The van der Waals surface area contributed by atoms with E-state index < -0.39 is 0 Å². The molecule has 18 heavy (non-hydrogen) atoms. The van der Waals surface area contributed by atoms with Crippen LogP contribution in [0.5, 0.6) is 0 Å². The zero-order chi connectivity index (χ0) is 13.3. The van der Waals surface area contributed by atoms with Gasteiger partial charge in [0, 0.05) is 11.5 Å². The van der Waals surface area contributed by atoms with E-state index in [1.807, 2.05) is 13.0 Å². The highest BCUT2D eigenvalue weighted by molar-refractivity contribution is 6.33. The number of benzene rings is 1. The lowest BCUT2D eigenvalue weighted by molar-refractivity contribution is 0.750. The first kappa shape index (κ1) is 12.8. The summed E-state index contributed by atoms with van der Waals surface area (Å²) in [7, 11) is 0. The number of nitrogens with two attached hydrogens (primary N) is 1. The summed E-state index contributed by atoms with van der Waals surface area (Å²) in [6, 6.07) is 5.39. The Balaban J connectivity index is 2.53. The zero-order valence-corrected chi connectivity index (χ0v) is 11.4. The van der Waals surface area contributed by atoms with Crippen LogP contribution in [0, 0.1) is 6.92 Å². The van der Waals surface area contributed by atoms with Crippen LogP contribution in [0.3, 0.4) is 0 Å². The van der Waals surface area contributed by atoms with E-state index in [0.717, 1.165) is 11.4 Å². The molecule has 0 aliphatic carbocycles. The molecule has 2 rings (SSSR count). The van der Waals surface area contributed by atoms with Gasteiger partial charge in [-0.25, -0.2) is 15.0 Å². The largest absolute Gasteiger partial charge is 0.398 e. The molecule has 1 aromatic heterocycles. The molecule has 1 aromatic carbocycles. The van der Waals surface area contributed by atoms with E-state index in [0.29, 0.717) is 22.4 Å². The van der Waals surface area contributed by atoms with Gasteiger partial charge in [0.05, 0.1) is 10.7 Å². The smallest absolute Gasteiger partial charge is 0.163 e. The molecule has 1 heterocycles. The molecule has 0 saturated heterocycles. The molecule has 0 saturated carbocycles. The summed E-state index contributed by atoms with van der Waals surface area (Å²) in [5.41, 5.74) is 7.17. The number of hydrogen-bond acceptors (Lipinski definition) is 4. The first-order valence-corrected chi connectivity index (χ1v) is 6.13. The Morgan fingerprint density at radius 1 is 1.17 bits per heavy atom. The minimum absolute atomic E-state index is 0.259. The Labute approximate surface area is 111 Å². The van der Waals surface area contributed by atoms with Crippen LogP contribution in [0.15, 0.2) is 18.2 Å². The Morgan fingerprint density at radius 3 is 2.50 bits per heavy atom. The van der Waals surface area contributed by atoms with Gasteiger partial charge in [0.25, 0.3) is 0 Å². The molecular weight excluding hydrogens is 248 g/mol. The fourth-order valence-electron chi connectivity index (χ4n) is 1.57. The first-order chi connectivity index (χ1) is 8.47. The number of rotatable bonds is 2. The van der Waals surface area contributed by atoms with E-state index in [2.05, 4.69) is 28.8 Å². The second-order valence-corrected chi connectivity index (χ2v) is 4.86. The van der Waals surface area contributed by atoms with E-state index in [4.69, 9.17) is 17.3 Å². The normalized spacial score (nSPS) is 10.9. The quantitative estimate of drug-likeness (QED) is 0.844. The van der Waals surface area contributed by atoms with Gasteiger partial charge in [0.1, 0.15) is 11.6 Å². The number of nitrogen functional groups attached to an aromatic ring is 1. The minimum Gasteiger partial charge on any atom is -0.398 e. The van der Waals surface area contributed by atoms with Crippen molar-refractivity contribution < 1.29 is 0 Å². The zero-order valence-electron chi connectivity index (χ0n) is 10.6. The molecule has 0 radical (unpaired) electrons. The van der Waals surface area contributed by atoms with E-state index in [-0.39, 0.29) is 5.92 Å². The number of aromatic nitrogens is 3. The number of anilines is 1. The van der Waals surface area contributed by atoms with Gasteiger partial charge in [-0.3, -0.25) is 0 Å². The molecule has 94 valence electrons. The van der Waals surface area contributed by atoms with E-state index >= 15 is 0 Å². The number of hydrogen-bond donors (Lipinski definition) is 1. The summed E-state index contributed by atoms with van der Waals surface area (Å²) in [5.74, 6) is 2.38. The summed E-state index contributed by atoms with van der Waals surface area (Å²) in [4.78, 5) is 13.1. The molecule has 0 atom stereocenters. The Bertz CT molecular complexity index is 581. The molecule has 4 nitrogen and oxygen atoms in total. The maximum Gasteiger partial charge on any atom is 0.163 e. The van der Waals surface area contributed by atoms with Gasteiger partial charge in [-0.15, -0.1) is 0 Å². The van der Waals surface area contributed by atoms with Gasteiger partial charge < -0.3 is 5.73 Å². The molecule has 2 aromatic rings. The maximum absolute atomic E-state index is 5.90. The van der Waals surface area contributed by atoms with E-state index in [1.165, 1.54) is 0 Å². The van der Waals surface area contributed by atoms with Gasteiger partial charge in [-0.05, 0) is 25.1 Å². The van der Waals surface area contributed by atoms with Crippen LogP contribution in [0.25, 0.3) is 11.4 Å². The topological polar surface area (TPSA) is 64.7 Å². The third-order valence-electron chi connectivity index (χ3n) is 2.54. The van der Waals surface area contributed by atoms with Crippen molar-refractivity contribution in [2.45, 2.75) is 26.7 Å². The summed E-state index contributed by atoms with van der Waals surface area (Å²) in [6.07, 6.45) is 0. The number of aryl methyl sites for hydroxylation is 1. The molecule has 0 spiro atoms. The van der Waals surface area contributed by atoms with Crippen LogP contribution in [-0.4, -0.2) is 15.0 Å². The highest BCUT2D eigenvalue weighted by Crippen LogP contribution is 2.25. The second kappa shape index (κ2) is 4.90. The minimum atomic E-state index is 0.259. The predicted octanol–water partition coefficient (Wildman–Crippen LogP) is 3.21. The molecular formula is C13H15ClN4. The fourth-order valence-corrected chi connectivity index (χ4v) is 1.69. The third-order valence-corrected chi connectivity index (χ3v) is 2.88. The second-order valence-electron chi connectivity index (χ2n) is 4.46. The molecule has 2 N–H and O–H groups in total. The van der Waals surface area contributed by atoms with E-state index in [9.17, 15) is 0 Å². The van der Waals surface area contributed by atoms with Gasteiger partial charge >= 0.3 is 0 Å². The molecule has 0 bridgehead atoms. The average molecular weight is 263 g/mol. The molecule has 0 fully saturated rings. The van der Waals surface area contributed by atoms with Crippen LogP contribution in [0.2, 0.25) is 5.02 Å². The number of halogens is 1. The van der Waals surface area contributed by atoms with Crippen molar-refractivity contribution in [1.29, 1.82) is 0 Å². The molecule has 0 aliphatic rings. The lowest BCUT2D eigenvalue weighted by Crippen LogP contribution is -2.04. The standard InChI is InChI=1S/C13H15ClN4/c1-7(2)12-16-8(3)17-13(18-12)9-4-5-10(14)11(15)6-9/h4-7H,15H2,1-3H3. The van der Waals surface area contributed by atoms with E-state index in [1.54, 1.807) is 12.1 Å². The summed E-state index contributed by atoms with van der Waals surface area (Å²) in [5, 5.41) is 0.536. The Hall–Kier alpha value is -1.68. The summed E-state index contributed by atoms with van der Waals surface area (Å²) >= 11 is 5.90. The van der Waals surface area contributed by atoms with Crippen molar-refractivity contribution >= 4 is 17.3 Å². The van der Waals surface area contributed by atoms with Gasteiger partial charge in [0.15, 0.2) is 5.82 Å². The Kier molecular flexibility index (Phi) is 3.48. The van der Waals surface area contributed by atoms with Crippen molar-refractivity contribution in [2.24, 2.45) is 0 Å². The fraction of sp³-hybridized carbons (Fsp3) is 0.308. The Morgan fingerprint density at radius 2 is 1.89 bits per heavy atom. The monoisotopic (exact) mass is 262 g/mol. The van der Waals surface area contributed by atoms with Gasteiger partial charge in [0.2, 0.25) is 0 Å². The molecule has 0 unspecified atom stereocenters. The van der Waals surface area contributed by atoms with Crippen molar-refractivity contribution in [3.63, 3.8) is 0 Å². The summed E-state index contributed by atoms with van der Waals surface area (Å²) < 4.78 is 0. The van der Waals surface area contributed by atoms with Crippen molar-refractivity contribution in [1.82, 2.24) is 15.0 Å². The van der Waals surface area contributed by atoms with Crippen molar-refractivity contribution in [2.75, 3.05) is 5.73 Å². The van der Waals surface area contributed by atoms with Gasteiger partial charge in [-0.2, -0.15) is 0 Å². The van der Waals surface area contributed by atoms with Crippen LogP contribution < -0.4 is 5.73 Å².